The smallest absolute Gasteiger partial charge is 0.325 e. The SMILES string of the molecule is COC(=O)Cn1c(=NC(=O)CCSc2ccc(C)cc2)sc2ccc(Cl)c(Cl)c21. The molecule has 0 bridgehead atoms. The summed E-state index contributed by atoms with van der Waals surface area (Å²) < 4.78 is 7.12. The van der Waals surface area contributed by atoms with E-state index in [4.69, 9.17) is 27.9 Å². The van der Waals surface area contributed by atoms with Gasteiger partial charge in [-0.2, -0.15) is 4.99 Å². The molecule has 0 radical (unpaired) electrons. The van der Waals surface area contributed by atoms with Crippen LogP contribution in [0.3, 0.4) is 0 Å². The van der Waals surface area contributed by atoms with E-state index >= 15 is 0 Å². The van der Waals surface area contributed by atoms with E-state index in [-0.39, 0.29) is 18.9 Å². The van der Waals surface area contributed by atoms with E-state index in [9.17, 15) is 9.59 Å². The van der Waals surface area contributed by atoms with Crippen molar-refractivity contribution >= 4 is 68.4 Å². The van der Waals surface area contributed by atoms with E-state index in [0.29, 0.717) is 26.1 Å². The number of halogens is 2. The summed E-state index contributed by atoms with van der Waals surface area (Å²) in [5.74, 6) is -0.124. The second-order valence-corrected chi connectivity index (χ2v) is 9.13. The first-order chi connectivity index (χ1) is 13.9. The van der Waals surface area contributed by atoms with Crippen LogP contribution in [-0.4, -0.2) is 29.3 Å². The molecule has 0 atom stereocenters. The number of aryl methyl sites for hydroxylation is 1. The molecule has 1 aromatic heterocycles. The van der Waals surface area contributed by atoms with Gasteiger partial charge in [-0.3, -0.25) is 9.59 Å². The molecule has 0 spiro atoms. The predicted molar refractivity (Wildman–Crippen MR) is 119 cm³/mol. The average Bonchev–Trinajstić information content (AvgIpc) is 3.03. The third kappa shape index (κ3) is 5.42. The molecular formula is C20H18Cl2N2O3S2. The summed E-state index contributed by atoms with van der Waals surface area (Å²) in [6.07, 6.45) is 0.277. The minimum Gasteiger partial charge on any atom is -0.468 e. The molecule has 0 aliphatic heterocycles. The van der Waals surface area contributed by atoms with Gasteiger partial charge in [0.15, 0.2) is 4.80 Å². The summed E-state index contributed by atoms with van der Waals surface area (Å²) >= 11 is 15.3. The number of fused-ring (bicyclic) bond motifs is 1. The third-order valence-electron chi connectivity index (χ3n) is 4.07. The summed E-state index contributed by atoms with van der Waals surface area (Å²) in [5.41, 5.74) is 1.76. The molecule has 0 saturated heterocycles. The van der Waals surface area contributed by atoms with E-state index in [0.717, 1.165) is 9.60 Å². The molecule has 0 saturated carbocycles. The summed E-state index contributed by atoms with van der Waals surface area (Å²) in [5, 5.41) is 0.677. The van der Waals surface area contributed by atoms with Crippen LogP contribution in [0.5, 0.6) is 0 Å². The first-order valence-corrected chi connectivity index (χ1v) is 11.3. The summed E-state index contributed by atoms with van der Waals surface area (Å²) in [6, 6.07) is 11.6. The van der Waals surface area contributed by atoms with Crippen molar-refractivity contribution in [2.24, 2.45) is 4.99 Å². The fourth-order valence-corrected chi connectivity index (χ4v) is 4.95. The Bertz CT molecular complexity index is 1120. The lowest BCUT2D eigenvalue weighted by Gasteiger charge is -2.06. The monoisotopic (exact) mass is 468 g/mol. The molecule has 0 aliphatic carbocycles. The van der Waals surface area contributed by atoms with Gasteiger partial charge >= 0.3 is 5.97 Å². The van der Waals surface area contributed by atoms with Crippen LogP contribution in [0.2, 0.25) is 10.0 Å². The highest BCUT2D eigenvalue weighted by Crippen LogP contribution is 2.32. The van der Waals surface area contributed by atoms with Gasteiger partial charge in [-0.05, 0) is 31.2 Å². The van der Waals surface area contributed by atoms with Gasteiger partial charge in [-0.25, -0.2) is 0 Å². The fraction of sp³-hybridized carbons (Fsp3) is 0.250. The normalized spacial score (nSPS) is 11.8. The van der Waals surface area contributed by atoms with Crippen LogP contribution >= 0.6 is 46.3 Å². The molecule has 152 valence electrons. The molecule has 1 heterocycles. The van der Waals surface area contributed by atoms with E-state index < -0.39 is 5.97 Å². The number of nitrogens with zero attached hydrogens (tertiary/aromatic N) is 2. The Morgan fingerprint density at radius 3 is 2.59 bits per heavy atom. The molecule has 0 unspecified atom stereocenters. The van der Waals surface area contributed by atoms with Crippen molar-refractivity contribution in [1.29, 1.82) is 0 Å². The van der Waals surface area contributed by atoms with Crippen LogP contribution in [0, 0.1) is 6.92 Å². The molecular weight excluding hydrogens is 451 g/mol. The van der Waals surface area contributed by atoms with Crippen molar-refractivity contribution in [1.82, 2.24) is 4.57 Å². The standard InChI is InChI=1S/C20H18Cl2N2O3S2/c1-12-3-5-13(6-4-12)28-10-9-16(25)23-20-24(11-17(26)27-2)19-15(29-20)8-7-14(21)18(19)22/h3-8H,9-11H2,1-2H3. The molecule has 9 heteroatoms. The van der Waals surface area contributed by atoms with Gasteiger partial charge in [0.1, 0.15) is 6.54 Å². The number of hydrogen-bond acceptors (Lipinski definition) is 5. The van der Waals surface area contributed by atoms with Gasteiger partial charge in [-0.1, -0.05) is 52.2 Å². The number of carbonyl (C=O) groups is 2. The van der Waals surface area contributed by atoms with Crippen molar-refractivity contribution in [3.05, 3.63) is 56.8 Å². The van der Waals surface area contributed by atoms with E-state index in [1.54, 1.807) is 28.5 Å². The molecule has 2 aromatic carbocycles. The first-order valence-electron chi connectivity index (χ1n) is 8.70. The Hall–Kier alpha value is -1.80. The Kier molecular flexibility index (Phi) is 7.40. The highest BCUT2D eigenvalue weighted by atomic mass is 35.5. The number of ether oxygens (including phenoxy) is 1. The molecule has 5 nitrogen and oxygen atoms in total. The number of benzene rings is 2. The van der Waals surface area contributed by atoms with Crippen molar-refractivity contribution in [3.8, 4) is 0 Å². The first kappa shape index (κ1) is 21.9. The van der Waals surface area contributed by atoms with E-state index in [1.165, 1.54) is 24.0 Å². The quantitative estimate of drug-likeness (QED) is 0.372. The van der Waals surface area contributed by atoms with Crippen molar-refractivity contribution in [2.45, 2.75) is 24.8 Å². The number of thiazole rings is 1. The van der Waals surface area contributed by atoms with E-state index in [2.05, 4.69) is 4.99 Å². The van der Waals surface area contributed by atoms with Crippen molar-refractivity contribution < 1.29 is 14.3 Å². The largest absolute Gasteiger partial charge is 0.468 e. The Balaban J connectivity index is 1.84. The number of thioether (sulfide) groups is 1. The summed E-state index contributed by atoms with van der Waals surface area (Å²) in [6.45, 7) is 1.92. The zero-order valence-electron chi connectivity index (χ0n) is 15.8. The predicted octanol–water partition coefficient (Wildman–Crippen LogP) is 5.10. The lowest BCUT2D eigenvalue weighted by Crippen LogP contribution is -2.22. The number of rotatable bonds is 6. The minimum absolute atomic E-state index is 0.110. The second-order valence-electron chi connectivity index (χ2n) is 6.17. The van der Waals surface area contributed by atoms with Crippen LogP contribution in [-0.2, 0) is 20.9 Å². The van der Waals surface area contributed by atoms with Gasteiger partial charge in [0, 0.05) is 17.1 Å². The van der Waals surface area contributed by atoms with Crippen LogP contribution in [0.4, 0.5) is 0 Å². The number of methoxy groups -OCH3 is 1. The molecule has 0 N–H and O–H groups in total. The van der Waals surface area contributed by atoms with Crippen molar-refractivity contribution in [3.63, 3.8) is 0 Å². The Morgan fingerprint density at radius 2 is 1.90 bits per heavy atom. The molecule has 3 aromatic rings. The topological polar surface area (TPSA) is 60.7 Å². The van der Waals surface area contributed by atoms with Gasteiger partial charge in [0.2, 0.25) is 5.91 Å². The lowest BCUT2D eigenvalue weighted by atomic mass is 10.2. The van der Waals surface area contributed by atoms with Gasteiger partial charge in [-0.15, -0.1) is 11.8 Å². The van der Waals surface area contributed by atoms with Gasteiger partial charge < -0.3 is 9.30 Å². The zero-order chi connectivity index (χ0) is 21.0. The van der Waals surface area contributed by atoms with Crippen LogP contribution < -0.4 is 4.80 Å². The maximum Gasteiger partial charge on any atom is 0.325 e. The Labute approximate surface area is 186 Å². The Morgan fingerprint density at radius 1 is 1.17 bits per heavy atom. The lowest BCUT2D eigenvalue weighted by molar-refractivity contribution is -0.141. The van der Waals surface area contributed by atoms with Crippen LogP contribution in [0.25, 0.3) is 10.2 Å². The number of hydrogen-bond donors (Lipinski definition) is 0. The van der Waals surface area contributed by atoms with Gasteiger partial charge in [0.25, 0.3) is 0 Å². The minimum atomic E-state index is -0.468. The third-order valence-corrected chi connectivity index (χ3v) is 6.93. The summed E-state index contributed by atoms with van der Waals surface area (Å²) in [4.78, 5) is 30.0. The maximum absolute atomic E-state index is 12.4. The summed E-state index contributed by atoms with van der Waals surface area (Å²) in [7, 11) is 1.30. The maximum atomic E-state index is 12.4. The second kappa shape index (κ2) is 9.80. The highest BCUT2D eigenvalue weighted by molar-refractivity contribution is 7.99. The molecule has 29 heavy (non-hydrogen) atoms. The van der Waals surface area contributed by atoms with Crippen molar-refractivity contribution in [2.75, 3.05) is 12.9 Å². The number of amides is 1. The van der Waals surface area contributed by atoms with E-state index in [1.807, 2.05) is 31.2 Å². The number of esters is 1. The molecule has 0 aliphatic rings. The zero-order valence-corrected chi connectivity index (χ0v) is 18.9. The number of aromatic nitrogens is 1. The van der Waals surface area contributed by atoms with Crippen LogP contribution in [0.15, 0.2) is 46.3 Å². The molecule has 1 amide bonds. The highest BCUT2D eigenvalue weighted by Gasteiger charge is 2.16. The molecule has 3 rings (SSSR count). The fourth-order valence-electron chi connectivity index (χ4n) is 2.58. The van der Waals surface area contributed by atoms with Gasteiger partial charge in [0.05, 0.1) is 27.4 Å². The number of carbonyl (C=O) groups excluding carboxylic acids is 2. The van der Waals surface area contributed by atoms with Crippen LogP contribution in [0.1, 0.15) is 12.0 Å². The molecule has 0 fully saturated rings. The average molecular weight is 469 g/mol.